The molecule has 10 aromatic rings. The van der Waals surface area contributed by atoms with Gasteiger partial charge in [0.05, 0.1) is 5.48 Å². The maximum atomic E-state index is 9.46. The fourth-order valence-corrected chi connectivity index (χ4v) is 9.04. The summed E-state index contributed by atoms with van der Waals surface area (Å²) in [5.41, 5.74) is 13.4. The van der Waals surface area contributed by atoms with Crippen molar-refractivity contribution < 1.29 is 9.90 Å². The van der Waals surface area contributed by atoms with Gasteiger partial charge in [-0.05, 0) is 110 Å². The summed E-state index contributed by atoms with van der Waals surface area (Å²) in [5, 5.41) is 4.29. The minimum absolute atomic E-state index is 0.0897. The maximum Gasteiger partial charge on any atom is 0.143 e. The van der Waals surface area contributed by atoms with Crippen LogP contribution in [0.5, 0.6) is 0 Å². The summed E-state index contributed by atoms with van der Waals surface area (Å²) in [6.07, 6.45) is 0. The number of fused-ring (bicyclic) bond motifs is 8. The first-order valence-corrected chi connectivity index (χ1v) is 19.4. The van der Waals surface area contributed by atoms with Crippen LogP contribution in [0.4, 0.5) is 17.1 Å². The minimum atomic E-state index is -0.189. The van der Waals surface area contributed by atoms with Crippen molar-refractivity contribution in [3.63, 3.8) is 0 Å². The maximum absolute atomic E-state index is 9.46. The van der Waals surface area contributed by atoms with Gasteiger partial charge in [0.1, 0.15) is 11.2 Å². The van der Waals surface area contributed by atoms with Crippen LogP contribution >= 0.6 is 0 Å². The molecule has 0 spiro atoms. The van der Waals surface area contributed by atoms with E-state index in [2.05, 4.69) is 111 Å². The van der Waals surface area contributed by atoms with Crippen LogP contribution < -0.4 is 4.90 Å². The Labute approximate surface area is 338 Å². The van der Waals surface area contributed by atoms with Crippen molar-refractivity contribution in [1.29, 1.82) is 0 Å². The summed E-state index contributed by atoms with van der Waals surface area (Å²) >= 11 is 0. The average Bonchev–Trinajstić information content (AvgIpc) is 3.80. The highest BCUT2D eigenvalue weighted by atomic mass is 16.3. The summed E-state index contributed by atoms with van der Waals surface area (Å²) in [6, 6.07) is 59.1. The van der Waals surface area contributed by atoms with Gasteiger partial charge in [-0.2, -0.15) is 0 Å². The SMILES string of the molecule is [2H]c1c([2H])c(N(c2ccc(-c3cccc4c3C(C)(C)c3ccccc3-4)cc2)c2ccc(-c3cccc4oc5c6ccccc6ccc5c34)cc2)c([2H])c([2H])c1-c1ccccc1. The van der Waals surface area contributed by atoms with Crippen LogP contribution in [0.2, 0.25) is 0 Å². The molecule has 1 aliphatic carbocycles. The highest BCUT2D eigenvalue weighted by Gasteiger charge is 2.37. The fraction of sp³-hybridized carbons (Fsp3) is 0.0545. The lowest BCUT2D eigenvalue weighted by Gasteiger charge is -2.27. The van der Waals surface area contributed by atoms with E-state index in [1.165, 1.54) is 22.3 Å². The number of rotatable bonds is 6. The van der Waals surface area contributed by atoms with Crippen LogP contribution in [-0.4, -0.2) is 0 Å². The Hall–Kier alpha value is -7.16. The van der Waals surface area contributed by atoms with Gasteiger partial charge in [-0.1, -0.05) is 165 Å². The highest BCUT2D eigenvalue weighted by molar-refractivity contribution is 6.19. The zero-order valence-electron chi connectivity index (χ0n) is 35.6. The predicted molar refractivity (Wildman–Crippen MR) is 240 cm³/mol. The molecule has 0 saturated carbocycles. The zero-order valence-corrected chi connectivity index (χ0v) is 31.6. The van der Waals surface area contributed by atoms with Gasteiger partial charge < -0.3 is 9.32 Å². The van der Waals surface area contributed by atoms with E-state index in [-0.39, 0.29) is 40.8 Å². The van der Waals surface area contributed by atoms with E-state index in [1.807, 2.05) is 83.8 Å². The van der Waals surface area contributed by atoms with Gasteiger partial charge in [0.15, 0.2) is 0 Å². The number of anilines is 3. The first-order chi connectivity index (χ1) is 29.7. The number of hydrogen-bond acceptors (Lipinski definition) is 2. The largest absolute Gasteiger partial charge is 0.455 e. The van der Waals surface area contributed by atoms with Gasteiger partial charge in [-0.25, -0.2) is 0 Å². The molecule has 2 nitrogen and oxygen atoms in total. The monoisotopic (exact) mass is 733 g/mol. The molecular formula is C55H39NO. The molecule has 57 heavy (non-hydrogen) atoms. The van der Waals surface area contributed by atoms with E-state index >= 15 is 0 Å². The van der Waals surface area contributed by atoms with Crippen LogP contribution in [0.15, 0.2) is 205 Å². The molecule has 11 rings (SSSR count). The van der Waals surface area contributed by atoms with Crippen molar-refractivity contribution in [2.45, 2.75) is 19.3 Å². The van der Waals surface area contributed by atoms with Gasteiger partial charge in [0, 0.05) is 38.6 Å². The third-order valence-corrected chi connectivity index (χ3v) is 11.7. The molecule has 0 fully saturated rings. The van der Waals surface area contributed by atoms with Crippen LogP contribution in [0.1, 0.15) is 30.5 Å². The van der Waals surface area contributed by atoms with Gasteiger partial charge in [-0.15, -0.1) is 0 Å². The van der Waals surface area contributed by atoms with Crippen molar-refractivity contribution in [2.75, 3.05) is 4.90 Å². The summed E-state index contributed by atoms with van der Waals surface area (Å²) in [6.45, 7) is 4.58. The number of hydrogen-bond donors (Lipinski definition) is 0. The van der Waals surface area contributed by atoms with E-state index in [4.69, 9.17) is 4.42 Å². The molecule has 270 valence electrons. The Bertz CT molecular complexity index is 3340. The molecule has 0 N–H and O–H groups in total. The number of furan rings is 1. The molecule has 0 amide bonds. The van der Waals surface area contributed by atoms with Crippen molar-refractivity contribution in [1.82, 2.24) is 0 Å². The molecule has 0 aliphatic heterocycles. The van der Waals surface area contributed by atoms with E-state index in [0.717, 1.165) is 60.7 Å². The third kappa shape index (κ3) is 5.33. The quantitative estimate of drug-likeness (QED) is 0.169. The lowest BCUT2D eigenvalue weighted by atomic mass is 9.79. The molecule has 1 aliphatic rings. The van der Waals surface area contributed by atoms with E-state index in [1.54, 1.807) is 0 Å². The molecule has 1 heterocycles. The molecule has 0 atom stereocenters. The second-order valence-electron chi connectivity index (χ2n) is 15.4. The van der Waals surface area contributed by atoms with Crippen molar-refractivity contribution in [2.24, 2.45) is 0 Å². The van der Waals surface area contributed by atoms with E-state index < -0.39 is 0 Å². The number of benzene rings is 9. The van der Waals surface area contributed by atoms with Gasteiger partial charge >= 0.3 is 0 Å². The van der Waals surface area contributed by atoms with Crippen LogP contribution in [0, 0.1) is 0 Å². The van der Waals surface area contributed by atoms with Gasteiger partial charge in [-0.3, -0.25) is 0 Å². The standard InChI is InChI=1S/C55H39NO/c1-55(2)50-20-9-8-16-47(50)48-19-10-18-45(53(48)55)40-26-33-43(34-27-40)56(41-29-22-37(23-30-41)36-12-4-3-5-13-36)42-31-24-39(25-32-42)44-17-11-21-51-52(44)49-35-28-38-14-6-7-15-46(38)54(49)57-51/h3-35H,1-2H3/i22D,23D,29D,30D. The summed E-state index contributed by atoms with van der Waals surface area (Å²) in [7, 11) is 0. The topological polar surface area (TPSA) is 16.4 Å². The molecule has 2 heteroatoms. The molecule has 0 unspecified atom stereocenters. The zero-order chi connectivity index (χ0) is 41.6. The lowest BCUT2D eigenvalue weighted by Crippen LogP contribution is -2.16. The fourth-order valence-electron chi connectivity index (χ4n) is 9.04. The van der Waals surface area contributed by atoms with Crippen LogP contribution in [0.3, 0.4) is 0 Å². The number of nitrogens with zero attached hydrogens (tertiary/aromatic N) is 1. The Morgan fingerprint density at radius 1 is 0.439 bits per heavy atom. The molecule has 0 radical (unpaired) electrons. The Morgan fingerprint density at radius 2 is 1.05 bits per heavy atom. The van der Waals surface area contributed by atoms with E-state index in [0.29, 0.717) is 11.3 Å². The first-order valence-electron chi connectivity index (χ1n) is 21.4. The molecule has 0 saturated heterocycles. The van der Waals surface area contributed by atoms with E-state index in [9.17, 15) is 5.48 Å². The van der Waals surface area contributed by atoms with Crippen molar-refractivity contribution in [3.05, 3.63) is 211 Å². The average molecular weight is 734 g/mol. The summed E-state index contributed by atoms with van der Waals surface area (Å²) < 4.78 is 43.9. The predicted octanol–water partition coefficient (Wildman–Crippen LogP) is 15.5. The van der Waals surface area contributed by atoms with Crippen LogP contribution in [0.25, 0.3) is 77.2 Å². The first kappa shape index (κ1) is 29.2. The Kier molecular flexibility index (Phi) is 6.64. The van der Waals surface area contributed by atoms with Gasteiger partial charge in [0.25, 0.3) is 0 Å². The molecular weight excluding hydrogens is 691 g/mol. The third-order valence-electron chi connectivity index (χ3n) is 11.7. The molecule has 9 aromatic carbocycles. The second-order valence-corrected chi connectivity index (χ2v) is 15.4. The normalized spacial score (nSPS) is 13.9. The summed E-state index contributed by atoms with van der Waals surface area (Å²) in [4.78, 5) is 1.86. The smallest absolute Gasteiger partial charge is 0.143 e. The Balaban J connectivity index is 1.06. The molecule has 1 aromatic heterocycles. The summed E-state index contributed by atoms with van der Waals surface area (Å²) in [5.74, 6) is 0. The van der Waals surface area contributed by atoms with Gasteiger partial charge in [0.2, 0.25) is 0 Å². The lowest BCUT2D eigenvalue weighted by molar-refractivity contribution is 0.662. The second kappa shape index (κ2) is 13.0. The Morgan fingerprint density at radius 3 is 1.82 bits per heavy atom. The minimum Gasteiger partial charge on any atom is -0.455 e. The van der Waals surface area contributed by atoms with Crippen molar-refractivity contribution in [3.8, 4) is 44.5 Å². The van der Waals surface area contributed by atoms with Crippen LogP contribution in [-0.2, 0) is 5.41 Å². The molecule has 0 bridgehead atoms. The highest BCUT2D eigenvalue weighted by Crippen LogP contribution is 2.52. The van der Waals surface area contributed by atoms with Crippen molar-refractivity contribution >= 4 is 49.8 Å².